The summed E-state index contributed by atoms with van der Waals surface area (Å²) >= 11 is 5.85. The molecular formula is C19H20ClN3O2S. The summed E-state index contributed by atoms with van der Waals surface area (Å²) < 4.78 is 28.8. The molecular weight excluding hydrogens is 370 g/mol. The predicted molar refractivity (Wildman–Crippen MR) is 103 cm³/mol. The Morgan fingerprint density at radius 1 is 1.04 bits per heavy atom. The molecule has 1 heterocycles. The number of sulfonamides is 1. The summed E-state index contributed by atoms with van der Waals surface area (Å²) in [6.45, 7) is 4.09. The van der Waals surface area contributed by atoms with E-state index in [0.29, 0.717) is 5.02 Å². The molecule has 0 aliphatic carbocycles. The Balaban J connectivity index is 1.91. The zero-order valence-corrected chi connectivity index (χ0v) is 16.4. The Kier molecular flexibility index (Phi) is 5.18. The fourth-order valence-electron chi connectivity index (χ4n) is 2.82. The first-order chi connectivity index (χ1) is 12.3. The summed E-state index contributed by atoms with van der Waals surface area (Å²) in [7, 11) is -2.03. The monoisotopic (exact) mass is 389 g/mol. The summed E-state index contributed by atoms with van der Waals surface area (Å²) in [5.74, 6) is 0. The maximum atomic E-state index is 12.8. The fourth-order valence-corrected chi connectivity index (χ4v) is 4.08. The van der Waals surface area contributed by atoms with Crippen molar-refractivity contribution in [3.63, 3.8) is 0 Å². The number of halogens is 1. The first kappa shape index (κ1) is 18.6. The molecule has 3 rings (SSSR count). The van der Waals surface area contributed by atoms with Crippen molar-refractivity contribution in [2.45, 2.75) is 25.3 Å². The van der Waals surface area contributed by atoms with Gasteiger partial charge < -0.3 is 0 Å². The van der Waals surface area contributed by atoms with Gasteiger partial charge in [0.2, 0.25) is 10.0 Å². The standard InChI is InChI=1S/C19H20ClN3O2S/c1-14-19(15(2)23(21-14)17-7-5-4-6-8-17)13-22(3)26(24,25)18-11-9-16(20)10-12-18/h4-12H,13H2,1-3H3. The SMILES string of the molecule is Cc1nn(-c2ccccc2)c(C)c1CN(C)S(=O)(=O)c1ccc(Cl)cc1. The highest BCUT2D eigenvalue weighted by Gasteiger charge is 2.23. The molecule has 26 heavy (non-hydrogen) atoms. The lowest BCUT2D eigenvalue weighted by Crippen LogP contribution is -2.27. The van der Waals surface area contributed by atoms with E-state index < -0.39 is 10.0 Å². The van der Waals surface area contributed by atoms with Crippen molar-refractivity contribution in [1.82, 2.24) is 14.1 Å². The quantitative estimate of drug-likeness (QED) is 0.663. The van der Waals surface area contributed by atoms with Crippen LogP contribution in [0.4, 0.5) is 0 Å². The van der Waals surface area contributed by atoms with Gasteiger partial charge in [0.05, 0.1) is 16.3 Å². The van der Waals surface area contributed by atoms with E-state index >= 15 is 0 Å². The molecule has 3 aromatic rings. The third-order valence-electron chi connectivity index (χ3n) is 4.34. The van der Waals surface area contributed by atoms with E-state index in [0.717, 1.165) is 22.6 Å². The van der Waals surface area contributed by atoms with Crippen LogP contribution in [0.25, 0.3) is 5.69 Å². The van der Waals surface area contributed by atoms with Gasteiger partial charge in [-0.1, -0.05) is 29.8 Å². The number of rotatable bonds is 5. The molecule has 7 heteroatoms. The minimum atomic E-state index is -3.61. The topological polar surface area (TPSA) is 55.2 Å². The first-order valence-electron chi connectivity index (χ1n) is 8.13. The van der Waals surface area contributed by atoms with Crippen LogP contribution in [0, 0.1) is 13.8 Å². The summed E-state index contributed by atoms with van der Waals surface area (Å²) in [5.41, 5.74) is 3.58. The molecule has 0 aliphatic heterocycles. The van der Waals surface area contributed by atoms with Gasteiger partial charge in [0.15, 0.2) is 0 Å². The molecule has 2 aromatic carbocycles. The van der Waals surface area contributed by atoms with Gasteiger partial charge in [0, 0.05) is 29.9 Å². The van der Waals surface area contributed by atoms with E-state index in [1.54, 1.807) is 19.2 Å². The van der Waals surface area contributed by atoms with Crippen molar-refractivity contribution in [2.24, 2.45) is 0 Å². The van der Waals surface area contributed by atoms with Crippen molar-refractivity contribution in [2.75, 3.05) is 7.05 Å². The molecule has 0 N–H and O–H groups in total. The average molecular weight is 390 g/mol. The van der Waals surface area contributed by atoms with Crippen LogP contribution in [-0.4, -0.2) is 29.6 Å². The largest absolute Gasteiger partial charge is 0.243 e. The molecule has 0 fully saturated rings. The summed E-state index contributed by atoms with van der Waals surface area (Å²) in [5, 5.41) is 5.08. The maximum absolute atomic E-state index is 12.8. The van der Waals surface area contributed by atoms with Crippen LogP contribution in [0.5, 0.6) is 0 Å². The Hall–Kier alpha value is -2.15. The lowest BCUT2D eigenvalue weighted by molar-refractivity contribution is 0.465. The number of hydrogen-bond donors (Lipinski definition) is 0. The van der Waals surface area contributed by atoms with Crippen LogP contribution in [-0.2, 0) is 16.6 Å². The number of para-hydroxylation sites is 1. The highest BCUT2D eigenvalue weighted by molar-refractivity contribution is 7.89. The number of aromatic nitrogens is 2. The van der Waals surface area contributed by atoms with Crippen LogP contribution in [0.3, 0.4) is 0 Å². The molecule has 0 aliphatic rings. The van der Waals surface area contributed by atoms with Crippen molar-refractivity contribution in [3.8, 4) is 5.69 Å². The Labute approximate surface area is 158 Å². The van der Waals surface area contributed by atoms with Crippen LogP contribution >= 0.6 is 11.6 Å². The molecule has 1 aromatic heterocycles. The normalized spacial score (nSPS) is 11.9. The molecule has 0 amide bonds. The van der Waals surface area contributed by atoms with E-state index in [2.05, 4.69) is 5.10 Å². The smallest absolute Gasteiger partial charge is 0.238 e. The Morgan fingerprint density at radius 2 is 1.65 bits per heavy atom. The predicted octanol–water partition coefficient (Wildman–Crippen LogP) is 3.96. The third kappa shape index (κ3) is 3.53. The van der Waals surface area contributed by atoms with Crippen LogP contribution < -0.4 is 0 Å². The summed E-state index contributed by atoms with van der Waals surface area (Å²) in [6, 6.07) is 16.0. The molecule has 0 spiro atoms. The molecule has 0 unspecified atom stereocenters. The molecule has 0 radical (unpaired) electrons. The molecule has 0 atom stereocenters. The Morgan fingerprint density at radius 3 is 2.27 bits per heavy atom. The van der Waals surface area contributed by atoms with Gasteiger partial charge in [-0.2, -0.15) is 9.40 Å². The van der Waals surface area contributed by atoms with Crippen LogP contribution in [0.1, 0.15) is 17.0 Å². The number of nitrogens with zero attached hydrogens (tertiary/aromatic N) is 3. The second-order valence-corrected chi connectivity index (χ2v) is 8.59. The minimum Gasteiger partial charge on any atom is -0.238 e. The van der Waals surface area contributed by atoms with Gasteiger partial charge in [0.25, 0.3) is 0 Å². The molecule has 136 valence electrons. The van der Waals surface area contributed by atoms with Gasteiger partial charge in [-0.3, -0.25) is 0 Å². The van der Waals surface area contributed by atoms with Gasteiger partial charge >= 0.3 is 0 Å². The van der Waals surface area contributed by atoms with Crippen molar-refractivity contribution < 1.29 is 8.42 Å². The number of hydrogen-bond acceptors (Lipinski definition) is 3. The summed E-state index contributed by atoms with van der Waals surface area (Å²) in [4.78, 5) is 0.218. The second-order valence-electron chi connectivity index (χ2n) is 6.11. The van der Waals surface area contributed by atoms with Gasteiger partial charge in [0.1, 0.15) is 0 Å². The minimum absolute atomic E-state index is 0.218. The van der Waals surface area contributed by atoms with E-state index in [9.17, 15) is 8.42 Å². The van der Waals surface area contributed by atoms with E-state index in [1.807, 2.05) is 48.9 Å². The number of benzene rings is 2. The van der Waals surface area contributed by atoms with Crippen LogP contribution in [0.15, 0.2) is 59.5 Å². The lowest BCUT2D eigenvalue weighted by atomic mass is 10.2. The Bertz CT molecular complexity index is 1010. The third-order valence-corrected chi connectivity index (χ3v) is 6.41. The van der Waals surface area contributed by atoms with Gasteiger partial charge in [-0.05, 0) is 50.2 Å². The highest BCUT2D eigenvalue weighted by atomic mass is 35.5. The average Bonchev–Trinajstić information content (AvgIpc) is 2.91. The second kappa shape index (κ2) is 7.23. The fraction of sp³-hybridized carbons (Fsp3) is 0.211. The van der Waals surface area contributed by atoms with Crippen LogP contribution in [0.2, 0.25) is 5.02 Å². The molecule has 0 saturated heterocycles. The van der Waals surface area contributed by atoms with Crippen molar-refractivity contribution in [3.05, 3.63) is 76.6 Å². The maximum Gasteiger partial charge on any atom is 0.243 e. The zero-order chi connectivity index (χ0) is 18.9. The molecule has 0 saturated carbocycles. The van der Waals surface area contributed by atoms with Crippen molar-refractivity contribution in [1.29, 1.82) is 0 Å². The first-order valence-corrected chi connectivity index (χ1v) is 9.95. The lowest BCUT2D eigenvalue weighted by Gasteiger charge is -2.17. The van der Waals surface area contributed by atoms with Gasteiger partial charge in [-0.15, -0.1) is 0 Å². The van der Waals surface area contributed by atoms with E-state index in [1.165, 1.54) is 16.4 Å². The molecule has 5 nitrogen and oxygen atoms in total. The molecule has 0 bridgehead atoms. The zero-order valence-electron chi connectivity index (χ0n) is 14.8. The number of aryl methyl sites for hydroxylation is 1. The van der Waals surface area contributed by atoms with Gasteiger partial charge in [-0.25, -0.2) is 13.1 Å². The van der Waals surface area contributed by atoms with E-state index in [-0.39, 0.29) is 11.4 Å². The van der Waals surface area contributed by atoms with Crippen molar-refractivity contribution >= 4 is 21.6 Å². The van der Waals surface area contributed by atoms with E-state index in [4.69, 9.17) is 11.6 Å². The highest BCUT2D eigenvalue weighted by Crippen LogP contribution is 2.23. The summed E-state index contributed by atoms with van der Waals surface area (Å²) in [6.07, 6.45) is 0.